The molecule has 27 heavy (non-hydrogen) atoms. The van der Waals surface area contributed by atoms with Crippen molar-refractivity contribution in [2.24, 2.45) is 5.73 Å². The van der Waals surface area contributed by atoms with Gasteiger partial charge in [0.2, 0.25) is 17.6 Å². The molecule has 13 heteroatoms. The van der Waals surface area contributed by atoms with E-state index in [1.807, 2.05) is 0 Å². The van der Waals surface area contributed by atoms with Crippen molar-refractivity contribution in [1.29, 1.82) is 0 Å². The molecule has 0 rings (SSSR count). The van der Waals surface area contributed by atoms with Crippen molar-refractivity contribution in [2.75, 3.05) is 24.7 Å². The first-order chi connectivity index (χ1) is 12.6. The van der Waals surface area contributed by atoms with Crippen molar-refractivity contribution in [3.63, 3.8) is 0 Å². The first-order valence-electron chi connectivity index (χ1n) is 7.63. The highest BCUT2D eigenvalue weighted by atomic mass is 32.2. The molecule has 2 atom stereocenters. The Bertz CT molecular complexity index is 596. The second kappa shape index (κ2) is 12.6. The standard InChI is InChI=1S/C14H21N3O9S/c1-2-26-14(25)9(18)6-27-5-8(12(22)16-4-11(20)21)17-10(19)3-7(15)13(23)24/h7-8H,2-6,15H2,1H3,(H,16,22)(H,17,19)(H,20,21)(H,23,24). The number of nitrogens with two attached hydrogens (primary N) is 1. The molecule has 2 amide bonds. The van der Waals surface area contributed by atoms with Crippen molar-refractivity contribution in [2.45, 2.75) is 25.4 Å². The summed E-state index contributed by atoms with van der Waals surface area (Å²) in [7, 11) is 0. The molecule has 2 unspecified atom stereocenters. The SMILES string of the molecule is CCOC(=O)C(=O)CSCC(NC(=O)CC(N)C(=O)O)C(=O)NCC(=O)O. The van der Waals surface area contributed by atoms with Gasteiger partial charge in [-0.3, -0.25) is 24.0 Å². The lowest BCUT2D eigenvalue weighted by Gasteiger charge is -2.18. The van der Waals surface area contributed by atoms with Crippen LogP contribution in [0.3, 0.4) is 0 Å². The van der Waals surface area contributed by atoms with Gasteiger partial charge in [-0.05, 0) is 6.92 Å². The number of carbonyl (C=O) groups is 6. The van der Waals surface area contributed by atoms with Crippen LogP contribution in [0.15, 0.2) is 0 Å². The first kappa shape index (κ1) is 24.3. The lowest BCUT2D eigenvalue weighted by molar-refractivity contribution is -0.152. The molecule has 152 valence electrons. The minimum Gasteiger partial charge on any atom is -0.480 e. The second-order valence-corrected chi connectivity index (χ2v) is 6.07. The molecule has 0 aliphatic rings. The van der Waals surface area contributed by atoms with E-state index in [0.29, 0.717) is 0 Å². The lowest BCUT2D eigenvalue weighted by atomic mass is 10.2. The maximum absolute atomic E-state index is 12.0. The number of carboxylic acids is 2. The molecule has 0 aromatic rings. The van der Waals surface area contributed by atoms with Gasteiger partial charge in [0.05, 0.1) is 18.8 Å². The van der Waals surface area contributed by atoms with Crippen LogP contribution in [-0.4, -0.2) is 82.5 Å². The quantitative estimate of drug-likeness (QED) is 0.157. The summed E-state index contributed by atoms with van der Waals surface area (Å²) in [6.07, 6.45) is -0.607. The van der Waals surface area contributed by atoms with E-state index in [0.717, 1.165) is 11.8 Å². The van der Waals surface area contributed by atoms with Crippen molar-refractivity contribution in [1.82, 2.24) is 10.6 Å². The molecule has 0 saturated heterocycles. The monoisotopic (exact) mass is 407 g/mol. The summed E-state index contributed by atoms with van der Waals surface area (Å²) in [4.78, 5) is 67.7. The Morgan fingerprint density at radius 1 is 1.15 bits per heavy atom. The summed E-state index contributed by atoms with van der Waals surface area (Å²) in [6.45, 7) is 0.847. The summed E-state index contributed by atoms with van der Waals surface area (Å²) < 4.78 is 4.52. The number of esters is 1. The number of carbonyl (C=O) groups excluding carboxylic acids is 4. The van der Waals surface area contributed by atoms with Crippen molar-refractivity contribution < 1.29 is 43.7 Å². The van der Waals surface area contributed by atoms with Crippen LogP contribution in [0.1, 0.15) is 13.3 Å². The fourth-order valence-corrected chi connectivity index (χ4v) is 2.44. The molecule has 0 heterocycles. The second-order valence-electron chi connectivity index (χ2n) is 5.04. The number of nitrogens with one attached hydrogen (secondary N) is 2. The van der Waals surface area contributed by atoms with Crippen LogP contribution in [-0.2, 0) is 33.5 Å². The first-order valence-corrected chi connectivity index (χ1v) is 8.78. The highest BCUT2D eigenvalue weighted by Crippen LogP contribution is 2.05. The minimum absolute atomic E-state index is 0.0232. The molecule has 0 aliphatic heterocycles. The Labute approximate surface area is 158 Å². The number of ketones is 1. The Morgan fingerprint density at radius 3 is 2.30 bits per heavy atom. The summed E-state index contributed by atoms with van der Waals surface area (Å²) >= 11 is 0.832. The predicted octanol–water partition coefficient (Wildman–Crippen LogP) is -2.66. The molecule has 0 radical (unpaired) electrons. The molecular weight excluding hydrogens is 386 g/mol. The largest absolute Gasteiger partial charge is 0.480 e. The van der Waals surface area contributed by atoms with E-state index in [9.17, 15) is 28.8 Å². The Hall–Kier alpha value is -2.67. The number of thioether (sulfide) groups is 1. The smallest absolute Gasteiger partial charge is 0.375 e. The van der Waals surface area contributed by atoms with Crippen LogP contribution in [0, 0.1) is 0 Å². The molecule has 0 bridgehead atoms. The number of ether oxygens (including phenoxy) is 1. The van der Waals surface area contributed by atoms with E-state index < -0.39 is 60.6 Å². The van der Waals surface area contributed by atoms with Crippen LogP contribution in [0.2, 0.25) is 0 Å². The van der Waals surface area contributed by atoms with Gasteiger partial charge in [0.1, 0.15) is 18.6 Å². The zero-order valence-electron chi connectivity index (χ0n) is 14.4. The maximum atomic E-state index is 12.0. The van der Waals surface area contributed by atoms with E-state index in [-0.39, 0.29) is 18.1 Å². The van der Waals surface area contributed by atoms with E-state index in [2.05, 4.69) is 15.4 Å². The highest BCUT2D eigenvalue weighted by Gasteiger charge is 2.25. The van der Waals surface area contributed by atoms with Crippen molar-refractivity contribution >= 4 is 47.3 Å². The van der Waals surface area contributed by atoms with Crippen molar-refractivity contribution in [3.05, 3.63) is 0 Å². The topological polar surface area (TPSA) is 202 Å². The molecule has 0 saturated carbocycles. The van der Waals surface area contributed by atoms with E-state index in [1.54, 1.807) is 0 Å². The average Bonchev–Trinajstić information content (AvgIpc) is 2.58. The number of rotatable bonds is 13. The Kier molecular flexibility index (Phi) is 11.4. The number of hydrogen-bond acceptors (Lipinski definition) is 9. The maximum Gasteiger partial charge on any atom is 0.375 e. The van der Waals surface area contributed by atoms with Gasteiger partial charge in [-0.15, -0.1) is 0 Å². The van der Waals surface area contributed by atoms with Crippen molar-refractivity contribution in [3.8, 4) is 0 Å². The van der Waals surface area contributed by atoms with Crippen LogP contribution in [0.4, 0.5) is 0 Å². The van der Waals surface area contributed by atoms with Gasteiger partial charge < -0.3 is 31.3 Å². The Morgan fingerprint density at radius 2 is 1.78 bits per heavy atom. The predicted molar refractivity (Wildman–Crippen MR) is 91.8 cm³/mol. The lowest BCUT2D eigenvalue weighted by Crippen LogP contribution is -2.50. The third-order valence-corrected chi connectivity index (χ3v) is 3.84. The summed E-state index contributed by atoms with van der Waals surface area (Å²) in [5.74, 6) is -6.81. The fraction of sp³-hybridized carbons (Fsp3) is 0.571. The third-order valence-electron chi connectivity index (χ3n) is 2.81. The van der Waals surface area contributed by atoms with Gasteiger partial charge in [-0.25, -0.2) is 4.79 Å². The van der Waals surface area contributed by atoms with E-state index >= 15 is 0 Å². The molecule has 0 aromatic heterocycles. The molecule has 0 fully saturated rings. The molecule has 0 aliphatic carbocycles. The van der Waals surface area contributed by atoms with Gasteiger partial charge >= 0.3 is 17.9 Å². The van der Waals surface area contributed by atoms with Crippen LogP contribution < -0.4 is 16.4 Å². The number of hydrogen-bond donors (Lipinski definition) is 5. The van der Waals surface area contributed by atoms with E-state index in [1.165, 1.54) is 6.92 Å². The Balaban J connectivity index is 4.78. The van der Waals surface area contributed by atoms with Crippen LogP contribution in [0.5, 0.6) is 0 Å². The minimum atomic E-state index is -1.48. The number of amides is 2. The number of aliphatic carboxylic acids is 2. The summed E-state index contributed by atoms with van der Waals surface area (Å²) in [6, 6.07) is -2.75. The van der Waals surface area contributed by atoms with Gasteiger partial charge in [-0.1, -0.05) is 0 Å². The average molecular weight is 407 g/mol. The highest BCUT2D eigenvalue weighted by molar-refractivity contribution is 8.00. The van der Waals surface area contributed by atoms with Crippen LogP contribution in [0.25, 0.3) is 0 Å². The van der Waals surface area contributed by atoms with Gasteiger partial charge in [0.25, 0.3) is 0 Å². The van der Waals surface area contributed by atoms with Gasteiger partial charge in [0.15, 0.2) is 0 Å². The van der Waals surface area contributed by atoms with E-state index in [4.69, 9.17) is 15.9 Å². The molecule has 12 nitrogen and oxygen atoms in total. The van der Waals surface area contributed by atoms with Crippen LogP contribution >= 0.6 is 11.8 Å². The number of carboxylic acid groups (broad SMARTS) is 2. The normalized spacial score (nSPS) is 12.4. The summed E-state index contributed by atoms with van der Waals surface area (Å²) in [5.41, 5.74) is 5.23. The molecular formula is C14H21N3O9S. The molecule has 0 aromatic carbocycles. The third kappa shape index (κ3) is 10.8. The number of Topliss-reactive ketones (excluding diaryl/α,β-unsaturated/α-hetero) is 1. The fourth-order valence-electron chi connectivity index (χ4n) is 1.55. The zero-order valence-corrected chi connectivity index (χ0v) is 15.2. The zero-order chi connectivity index (χ0) is 21.0. The molecule has 0 spiro atoms. The molecule has 6 N–H and O–H groups in total. The summed E-state index contributed by atoms with van der Waals surface area (Å²) in [5, 5.41) is 21.5. The van der Waals surface area contributed by atoms with Gasteiger partial charge in [0, 0.05) is 5.75 Å². The van der Waals surface area contributed by atoms with Gasteiger partial charge in [-0.2, -0.15) is 11.8 Å².